The van der Waals surface area contributed by atoms with Crippen LogP contribution >= 0.6 is 0 Å². The number of hydrogen-bond acceptors (Lipinski definition) is 3. The molecular weight excluding hydrogens is 250 g/mol. The van der Waals surface area contributed by atoms with Crippen molar-refractivity contribution in [2.24, 2.45) is 0 Å². The van der Waals surface area contributed by atoms with Crippen molar-refractivity contribution in [2.75, 3.05) is 19.0 Å². The molecular formula is C14H14F2N2O. The first-order valence-electron chi connectivity index (χ1n) is 5.87. The Labute approximate surface area is 110 Å². The molecule has 19 heavy (non-hydrogen) atoms. The predicted molar refractivity (Wildman–Crippen MR) is 69.3 cm³/mol. The molecule has 3 nitrogen and oxygen atoms in total. The van der Waals surface area contributed by atoms with E-state index in [1.165, 1.54) is 0 Å². The van der Waals surface area contributed by atoms with Crippen molar-refractivity contribution in [3.8, 4) is 5.75 Å². The molecule has 0 radical (unpaired) electrons. The minimum Gasteiger partial charge on any atom is -0.497 e. The average Bonchev–Trinajstić information content (AvgIpc) is 2.41. The number of nitrogens with zero attached hydrogens (tertiary/aromatic N) is 1. The van der Waals surface area contributed by atoms with Crippen molar-refractivity contribution in [2.45, 2.75) is 6.42 Å². The average molecular weight is 264 g/mol. The Morgan fingerprint density at radius 3 is 2.84 bits per heavy atom. The molecule has 2 aromatic rings. The van der Waals surface area contributed by atoms with E-state index in [-0.39, 0.29) is 5.82 Å². The van der Waals surface area contributed by atoms with Crippen LogP contribution in [0.5, 0.6) is 5.75 Å². The third-order valence-electron chi connectivity index (χ3n) is 2.65. The van der Waals surface area contributed by atoms with Crippen molar-refractivity contribution in [1.29, 1.82) is 0 Å². The van der Waals surface area contributed by atoms with Crippen molar-refractivity contribution in [1.82, 2.24) is 4.98 Å². The minimum atomic E-state index is -0.689. The van der Waals surface area contributed by atoms with Crippen LogP contribution in [0.25, 0.3) is 0 Å². The number of methoxy groups -OCH3 is 1. The SMILES string of the molecule is COc1cccc(CCNc2ncc(F)cc2F)c1. The highest BCUT2D eigenvalue weighted by molar-refractivity contribution is 5.36. The highest BCUT2D eigenvalue weighted by Gasteiger charge is 2.04. The Morgan fingerprint density at radius 2 is 2.11 bits per heavy atom. The zero-order valence-corrected chi connectivity index (χ0v) is 10.5. The number of benzene rings is 1. The monoisotopic (exact) mass is 264 g/mol. The van der Waals surface area contributed by atoms with Crippen LogP contribution < -0.4 is 10.1 Å². The number of ether oxygens (including phenoxy) is 1. The molecule has 1 heterocycles. The van der Waals surface area contributed by atoms with E-state index < -0.39 is 11.6 Å². The number of rotatable bonds is 5. The van der Waals surface area contributed by atoms with Gasteiger partial charge in [-0.3, -0.25) is 0 Å². The van der Waals surface area contributed by atoms with Crippen LogP contribution in [0.1, 0.15) is 5.56 Å². The second kappa shape index (κ2) is 6.13. The van der Waals surface area contributed by atoms with Gasteiger partial charge < -0.3 is 10.1 Å². The predicted octanol–water partition coefficient (Wildman–Crippen LogP) is 3.02. The number of nitrogens with one attached hydrogen (secondary N) is 1. The van der Waals surface area contributed by atoms with Gasteiger partial charge in [0.1, 0.15) is 11.6 Å². The number of halogens is 2. The molecule has 1 aromatic carbocycles. The Kier molecular flexibility index (Phi) is 4.28. The first-order valence-corrected chi connectivity index (χ1v) is 5.87. The lowest BCUT2D eigenvalue weighted by Crippen LogP contribution is -2.08. The van der Waals surface area contributed by atoms with Crippen LogP contribution in [0, 0.1) is 11.6 Å². The molecule has 0 aliphatic carbocycles. The van der Waals surface area contributed by atoms with E-state index in [1.807, 2.05) is 24.3 Å². The van der Waals surface area contributed by atoms with E-state index in [2.05, 4.69) is 10.3 Å². The van der Waals surface area contributed by atoms with Gasteiger partial charge >= 0.3 is 0 Å². The van der Waals surface area contributed by atoms with Crippen LogP contribution in [0.2, 0.25) is 0 Å². The summed E-state index contributed by atoms with van der Waals surface area (Å²) in [5.74, 6) is -0.533. The lowest BCUT2D eigenvalue weighted by molar-refractivity contribution is 0.414. The molecule has 0 unspecified atom stereocenters. The Hall–Kier alpha value is -2.17. The molecule has 0 saturated carbocycles. The van der Waals surface area contributed by atoms with Crippen molar-refractivity contribution in [3.63, 3.8) is 0 Å². The molecule has 0 amide bonds. The quantitative estimate of drug-likeness (QED) is 0.901. The molecule has 2 rings (SSSR count). The fourth-order valence-corrected chi connectivity index (χ4v) is 1.70. The zero-order chi connectivity index (χ0) is 13.7. The first-order chi connectivity index (χ1) is 9.19. The van der Waals surface area contributed by atoms with Crippen LogP contribution in [0.3, 0.4) is 0 Å². The van der Waals surface area contributed by atoms with E-state index in [0.717, 1.165) is 23.6 Å². The molecule has 0 aliphatic rings. The van der Waals surface area contributed by atoms with Gasteiger partial charge in [0.05, 0.1) is 13.3 Å². The number of aromatic nitrogens is 1. The van der Waals surface area contributed by atoms with E-state index in [0.29, 0.717) is 13.0 Å². The summed E-state index contributed by atoms with van der Waals surface area (Å²) in [4.78, 5) is 3.66. The van der Waals surface area contributed by atoms with E-state index in [4.69, 9.17) is 4.74 Å². The van der Waals surface area contributed by atoms with Crippen molar-refractivity contribution in [3.05, 3.63) is 53.7 Å². The molecule has 100 valence electrons. The third kappa shape index (κ3) is 3.64. The molecule has 0 aliphatic heterocycles. The van der Waals surface area contributed by atoms with Crippen molar-refractivity contribution < 1.29 is 13.5 Å². The van der Waals surface area contributed by atoms with Gasteiger partial charge in [0.15, 0.2) is 11.6 Å². The lowest BCUT2D eigenvalue weighted by atomic mass is 10.1. The fourth-order valence-electron chi connectivity index (χ4n) is 1.70. The lowest BCUT2D eigenvalue weighted by Gasteiger charge is -2.07. The third-order valence-corrected chi connectivity index (χ3v) is 2.65. The van der Waals surface area contributed by atoms with Gasteiger partial charge in [0.25, 0.3) is 0 Å². The summed E-state index contributed by atoms with van der Waals surface area (Å²) in [6, 6.07) is 8.43. The summed E-state index contributed by atoms with van der Waals surface area (Å²) in [6.07, 6.45) is 1.67. The maximum atomic E-state index is 13.3. The summed E-state index contributed by atoms with van der Waals surface area (Å²) in [7, 11) is 1.61. The van der Waals surface area contributed by atoms with Crippen LogP contribution in [0.4, 0.5) is 14.6 Å². The maximum Gasteiger partial charge on any atom is 0.168 e. The Balaban J connectivity index is 1.92. The van der Waals surface area contributed by atoms with Crippen LogP contribution in [-0.4, -0.2) is 18.6 Å². The van der Waals surface area contributed by atoms with E-state index in [9.17, 15) is 8.78 Å². The van der Waals surface area contributed by atoms with Gasteiger partial charge in [-0.05, 0) is 24.1 Å². The highest BCUT2D eigenvalue weighted by atomic mass is 19.1. The second-order valence-electron chi connectivity index (χ2n) is 4.01. The van der Waals surface area contributed by atoms with Crippen molar-refractivity contribution >= 4 is 5.82 Å². The molecule has 0 fully saturated rings. The molecule has 0 bridgehead atoms. The summed E-state index contributed by atoms with van der Waals surface area (Å²) >= 11 is 0. The van der Waals surface area contributed by atoms with Gasteiger partial charge in [-0.15, -0.1) is 0 Å². The molecule has 1 N–H and O–H groups in total. The molecule has 5 heteroatoms. The smallest absolute Gasteiger partial charge is 0.168 e. The maximum absolute atomic E-state index is 13.3. The van der Waals surface area contributed by atoms with Crippen LogP contribution in [-0.2, 0) is 6.42 Å². The van der Waals surface area contributed by atoms with Gasteiger partial charge in [-0.2, -0.15) is 0 Å². The molecule has 0 spiro atoms. The summed E-state index contributed by atoms with van der Waals surface area (Å²) < 4.78 is 31.1. The Morgan fingerprint density at radius 1 is 1.26 bits per heavy atom. The largest absolute Gasteiger partial charge is 0.497 e. The first kappa shape index (κ1) is 13.3. The summed E-state index contributed by atoms with van der Waals surface area (Å²) in [6.45, 7) is 0.503. The van der Waals surface area contributed by atoms with E-state index in [1.54, 1.807) is 7.11 Å². The van der Waals surface area contributed by atoms with Gasteiger partial charge in [0.2, 0.25) is 0 Å². The van der Waals surface area contributed by atoms with Crippen LogP contribution in [0.15, 0.2) is 36.5 Å². The molecule has 1 aromatic heterocycles. The van der Waals surface area contributed by atoms with E-state index >= 15 is 0 Å². The molecule has 0 atom stereocenters. The summed E-state index contributed by atoms with van der Waals surface area (Å²) in [5.41, 5.74) is 1.06. The highest BCUT2D eigenvalue weighted by Crippen LogP contribution is 2.14. The molecule has 0 saturated heterocycles. The number of pyridine rings is 1. The minimum absolute atomic E-state index is 0.0595. The van der Waals surface area contributed by atoms with Gasteiger partial charge in [0, 0.05) is 12.6 Å². The second-order valence-corrected chi connectivity index (χ2v) is 4.01. The fraction of sp³-hybridized carbons (Fsp3) is 0.214. The zero-order valence-electron chi connectivity index (χ0n) is 10.5. The summed E-state index contributed by atoms with van der Waals surface area (Å²) in [5, 5.41) is 2.83. The number of anilines is 1. The normalized spacial score (nSPS) is 10.3. The van der Waals surface area contributed by atoms with Gasteiger partial charge in [-0.1, -0.05) is 12.1 Å². The standard InChI is InChI=1S/C14H14F2N2O/c1-19-12-4-2-3-10(7-12)5-6-17-14-13(16)8-11(15)9-18-14/h2-4,7-9H,5-6H2,1H3,(H,17,18). The Bertz CT molecular complexity index is 561. The topological polar surface area (TPSA) is 34.1 Å². The number of hydrogen-bond donors (Lipinski definition) is 1. The van der Waals surface area contributed by atoms with Gasteiger partial charge in [-0.25, -0.2) is 13.8 Å².